The number of nitrogens with one attached hydrogen (secondary N) is 1. The topological polar surface area (TPSA) is 32.3 Å². The molecular weight excluding hydrogens is 380 g/mol. The van der Waals surface area contributed by atoms with Crippen LogP contribution in [0.3, 0.4) is 0 Å². The Hall–Kier alpha value is -2.81. The van der Waals surface area contributed by atoms with Gasteiger partial charge in [-0.25, -0.2) is 0 Å². The summed E-state index contributed by atoms with van der Waals surface area (Å²) >= 11 is 0. The molecule has 0 bridgehead atoms. The van der Waals surface area contributed by atoms with Gasteiger partial charge in [-0.15, -0.1) is 0 Å². The highest BCUT2D eigenvalue weighted by molar-refractivity contribution is 6.15. The van der Waals surface area contributed by atoms with Crippen molar-refractivity contribution in [2.45, 2.75) is 60.3 Å². The summed E-state index contributed by atoms with van der Waals surface area (Å²) in [6.07, 6.45) is 6.19. The largest absolute Gasteiger partial charge is 0.351 e. The third-order valence-corrected chi connectivity index (χ3v) is 6.77. The number of allylic oxidation sites excluding steroid dienone is 2. The monoisotopic (exact) mass is 414 g/mol. The quantitative estimate of drug-likeness (QED) is 0.579. The van der Waals surface area contributed by atoms with Crippen molar-refractivity contribution in [2.75, 3.05) is 10.2 Å². The molecular formula is C28H34N2O. The molecule has 162 valence electrons. The Balaban J connectivity index is 1.73. The van der Waals surface area contributed by atoms with Crippen LogP contribution >= 0.6 is 0 Å². The van der Waals surface area contributed by atoms with Gasteiger partial charge in [0.15, 0.2) is 0 Å². The molecule has 1 aliphatic heterocycles. The molecule has 4 rings (SSSR count). The number of amides is 1. The molecule has 0 aromatic heterocycles. The first-order valence-electron chi connectivity index (χ1n) is 11.5. The van der Waals surface area contributed by atoms with Gasteiger partial charge in [0, 0.05) is 16.9 Å². The van der Waals surface area contributed by atoms with E-state index in [1.807, 2.05) is 4.90 Å². The van der Waals surface area contributed by atoms with Crippen LogP contribution in [0.4, 0.5) is 11.4 Å². The first kappa shape index (κ1) is 21.4. The van der Waals surface area contributed by atoms with Crippen LogP contribution < -0.4 is 10.2 Å². The Morgan fingerprint density at radius 1 is 0.935 bits per heavy atom. The summed E-state index contributed by atoms with van der Waals surface area (Å²) in [6.45, 7) is 11.2. The third-order valence-electron chi connectivity index (χ3n) is 6.77. The predicted molar refractivity (Wildman–Crippen MR) is 130 cm³/mol. The Labute approximate surface area is 186 Å². The molecule has 0 unspecified atom stereocenters. The molecule has 1 atom stereocenters. The summed E-state index contributed by atoms with van der Waals surface area (Å²) < 4.78 is 0. The van der Waals surface area contributed by atoms with Crippen molar-refractivity contribution in [3.63, 3.8) is 0 Å². The van der Waals surface area contributed by atoms with Crippen molar-refractivity contribution in [3.8, 4) is 0 Å². The molecule has 0 radical (unpaired) electrons. The molecule has 0 saturated carbocycles. The molecule has 1 aliphatic carbocycles. The van der Waals surface area contributed by atoms with Crippen molar-refractivity contribution in [2.24, 2.45) is 11.3 Å². The average Bonchev–Trinajstić information content (AvgIpc) is 3.04. The van der Waals surface area contributed by atoms with E-state index < -0.39 is 0 Å². The zero-order chi connectivity index (χ0) is 22.2. The van der Waals surface area contributed by atoms with E-state index >= 15 is 0 Å². The van der Waals surface area contributed by atoms with Crippen LogP contribution in [-0.2, 0) is 17.6 Å². The summed E-state index contributed by atoms with van der Waals surface area (Å²) in [5.74, 6) is 0.556. The summed E-state index contributed by atoms with van der Waals surface area (Å²) in [6, 6.07) is 16.8. The van der Waals surface area contributed by atoms with Gasteiger partial charge in [0.05, 0.1) is 5.70 Å². The van der Waals surface area contributed by atoms with E-state index in [0.29, 0.717) is 5.92 Å². The van der Waals surface area contributed by atoms with Crippen LogP contribution in [0.25, 0.3) is 0 Å². The fourth-order valence-electron chi connectivity index (χ4n) is 4.51. The van der Waals surface area contributed by atoms with E-state index in [9.17, 15) is 4.79 Å². The highest BCUT2D eigenvalue weighted by Gasteiger charge is 2.41. The summed E-state index contributed by atoms with van der Waals surface area (Å²) in [5.41, 5.74) is 7.61. The fraction of sp³-hybridized carbons (Fsp3) is 0.393. The van der Waals surface area contributed by atoms with Crippen LogP contribution in [0, 0.1) is 11.3 Å². The molecule has 0 spiro atoms. The molecule has 1 N–H and O–H groups in total. The number of hydrogen-bond acceptors (Lipinski definition) is 2. The van der Waals surface area contributed by atoms with E-state index in [-0.39, 0.29) is 11.3 Å². The Morgan fingerprint density at radius 2 is 1.52 bits per heavy atom. The highest BCUT2D eigenvalue weighted by atomic mass is 16.2. The van der Waals surface area contributed by atoms with Crippen molar-refractivity contribution in [1.82, 2.24) is 0 Å². The SMILES string of the molecule is CCc1ccc(NC2=C3C[C@@H](C(C)(C)C)CC=C3N(c3ccc(CC)cc3)C2=O)cc1. The number of aryl methyl sites for hydroxylation is 2. The summed E-state index contributed by atoms with van der Waals surface area (Å²) in [4.78, 5) is 15.6. The van der Waals surface area contributed by atoms with Gasteiger partial charge >= 0.3 is 0 Å². The molecule has 1 heterocycles. The Bertz CT molecular complexity index is 1020. The number of rotatable bonds is 5. The molecule has 31 heavy (non-hydrogen) atoms. The lowest BCUT2D eigenvalue weighted by molar-refractivity contribution is -0.114. The standard InChI is InChI=1S/C28H34N2O/c1-6-19-8-13-22(14-9-19)29-26-24-18-21(28(3,4)5)12-17-25(24)30(27(26)31)23-15-10-20(7-2)11-16-23/h8-11,13-17,21,29H,6-7,12,18H2,1-5H3/t21-/m0/s1. The number of carbonyl (C=O) groups is 1. The van der Waals surface area contributed by atoms with Crippen LogP contribution in [0.15, 0.2) is 71.6 Å². The van der Waals surface area contributed by atoms with Gasteiger partial charge in [0.25, 0.3) is 5.91 Å². The number of carbonyl (C=O) groups excluding carboxylic acids is 1. The van der Waals surface area contributed by atoms with Crippen molar-refractivity contribution < 1.29 is 4.79 Å². The molecule has 3 heteroatoms. The van der Waals surface area contributed by atoms with E-state index in [1.54, 1.807) is 0 Å². The Morgan fingerprint density at radius 3 is 2.06 bits per heavy atom. The molecule has 2 aliphatic rings. The Kier molecular flexibility index (Phi) is 5.79. The van der Waals surface area contributed by atoms with Crippen LogP contribution in [0.2, 0.25) is 0 Å². The first-order chi connectivity index (χ1) is 14.8. The summed E-state index contributed by atoms with van der Waals surface area (Å²) in [5, 5.41) is 3.48. The normalized spacial score (nSPS) is 18.9. The van der Waals surface area contributed by atoms with E-state index in [2.05, 4.69) is 94.5 Å². The smallest absolute Gasteiger partial charge is 0.279 e. The number of nitrogens with zero attached hydrogens (tertiary/aromatic N) is 1. The maximum Gasteiger partial charge on any atom is 0.279 e. The van der Waals surface area contributed by atoms with E-state index in [4.69, 9.17) is 0 Å². The van der Waals surface area contributed by atoms with Gasteiger partial charge in [0.1, 0.15) is 5.70 Å². The molecule has 2 aromatic rings. The molecule has 1 amide bonds. The summed E-state index contributed by atoms with van der Waals surface area (Å²) in [7, 11) is 0. The minimum atomic E-state index is 0.0413. The van der Waals surface area contributed by atoms with Crippen molar-refractivity contribution in [3.05, 3.63) is 82.7 Å². The van der Waals surface area contributed by atoms with Gasteiger partial charge < -0.3 is 5.32 Å². The molecule has 2 aromatic carbocycles. The van der Waals surface area contributed by atoms with Gasteiger partial charge in [-0.3, -0.25) is 9.69 Å². The molecule has 0 fully saturated rings. The van der Waals surface area contributed by atoms with Gasteiger partial charge in [-0.2, -0.15) is 0 Å². The highest BCUT2D eigenvalue weighted by Crippen LogP contribution is 2.46. The van der Waals surface area contributed by atoms with Crippen molar-refractivity contribution >= 4 is 17.3 Å². The predicted octanol–water partition coefficient (Wildman–Crippen LogP) is 6.86. The van der Waals surface area contributed by atoms with Crippen molar-refractivity contribution in [1.29, 1.82) is 0 Å². The van der Waals surface area contributed by atoms with Crippen LogP contribution in [0.5, 0.6) is 0 Å². The first-order valence-corrected chi connectivity index (χ1v) is 11.5. The van der Waals surface area contributed by atoms with Crippen LogP contribution in [-0.4, -0.2) is 5.91 Å². The van der Waals surface area contributed by atoms with Gasteiger partial charge in [-0.05, 0) is 72.4 Å². The lowest BCUT2D eigenvalue weighted by atomic mass is 9.72. The van der Waals surface area contributed by atoms with Crippen LogP contribution in [0.1, 0.15) is 58.6 Å². The third kappa shape index (κ3) is 4.19. The fourth-order valence-corrected chi connectivity index (χ4v) is 4.51. The molecule has 0 saturated heterocycles. The number of fused-ring (bicyclic) bond motifs is 1. The lowest BCUT2D eigenvalue weighted by Crippen LogP contribution is -2.29. The maximum absolute atomic E-state index is 13.7. The van der Waals surface area contributed by atoms with E-state index in [0.717, 1.165) is 54.0 Å². The zero-order valence-corrected chi connectivity index (χ0v) is 19.5. The second kappa shape index (κ2) is 8.37. The minimum absolute atomic E-state index is 0.0413. The average molecular weight is 415 g/mol. The second-order valence-corrected chi connectivity index (χ2v) is 9.78. The lowest BCUT2D eigenvalue weighted by Gasteiger charge is -2.34. The van der Waals surface area contributed by atoms with Gasteiger partial charge in [-0.1, -0.05) is 65.0 Å². The zero-order valence-electron chi connectivity index (χ0n) is 19.5. The number of anilines is 2. The number of benzene rings is 2. The number of hydrogen-bond donors (Lipinski definition) is 1. The maximum atomic E-state index is 13.7. The molecule has 3 nitrogen and oxygen atoms in total. The van der Waals surface area contributed by atoms with Gasteiger partial charge in [0.2, 0.25) is 0 Å². The second-order valence-electron chi connectivity index (χ2n) is 9.78. The minimum Gasteiger partial charge on any atom is -0.351 e. The van der Waals surface area contributed by atoms with E-state index in [1.165, 1.54) is 11.1 Å².